The van der Waals surface area contributed by atoms with Crippen molar-refractivity contribution < 1.29 is 14.3 Å². The molecule has 2 atom stereocenters. The summed E-state index contributed by atoms with van der Waals surface area (Å²) in [6.07, 6.45) is 1.50. The number of carbonyl (C=O) groups excluding carboxylic acids is 2. The first-order valence-electron chi connectivity index (χ1n) is 8.73. The monoisotopic (exact) mass is 337 g/mol. The Labute approximate surface area is 148 Å². The van der Waals surface area contributed by atoms with Gasteiger partial charge in [-0.25, -0.2) is 4.79 Å². The number of hydrogen-bond acceptors (Lipinski definition) is 3. The van der Waals surface area contributed by atoms with Gasteiger partial charge >= 0.3 is 5.97 Å². The molecule has 2 aromatic carbocycles. The van der Waals surface area contributed by atoms with Gasteiger partial charge in [0, 0.05) is 6.54 Å². The van der Waals surface area contributed by atoms with E-state index in [0.29, 0.717) is 13.0 Å². The van der Waals surface area contributed by atoms with E-state index in [1.54, 1.807) is 4.90 Å². The maximum atomic E-state index is 12.9. The van der Waals surface area contributed by atoms with E-state index < -0.39 is 6.04 Å². The van der Waals surface area contributed by atoms with Crippen LogP contribution in [-0.2, 0) is 20.9 Å². The Bertz CT molecular complexity index is 714. The molecule has 1 amide bonds. The maximum absolute atomic E-state index is 12.9. The standard InChI is InChI=1S/C21H23NO3/c1-16(18-11-6-3-7-12-18)20(23)22-14-8-13-19(22)21(24)25-15-17-9-4-2-5-10-17/h2-7,9-12,16,19H,8,13-15H2,1H3/t16?,19-/m1/s1. The molecule has 0 N–H and O–H groups in total. The van der Waals surface area contributed by atoms with Crippen LogP contribution in [0, 0.1) is 0 Å². The summed E-state index contributed by atoms with van der Waals surface area (Å²) in [5.74, 6) is -0.580. The predicted octanol–water partition coefficient (Wildman–Crippen LogP) is 3.52. The molecular formula is C21H23NO3. The van der Waals surface area contributed by atoms with E-state index in [-0.39, 0.29) is 24.4 Å². The van der Waals surface area contributed by atoms with Crippen molar-refractivity contribution in [1.82, 2.24) is 4.90 Å². The highest BCUT2D eigenvalue weighted by molar-refractivity contribution is 5.89. The third-order valence-corrected chi connectivity index (χ3v) is 4.70. The lowest BCUT2D eigenvalue weighted by Gasteiger charge is -2.26. The summed E-state index contributed by atoms with van der Waals surface area (Å²) in [5, 5.41) is 0. The van der Waals surface area contributed by atoms with Gasteiger partial charge in [0.1, 0.15) is 12.6 Å². The van der Waals surface area contributed by atoms with E-state index >= 15 is 0 Å². The molecule has 4 nitrogen and oxygen atoms in total. The SMILES string of the molecule is CC(C(=O)N1CCC[C@@H]1C(=O)OCc1ccccc1)c1ccccc1. The fourth-order valence-electron chi connectivity index (χ4n) is 3.23. The van der Waals surface area contributed by atoms with Gasteiger partial charge in [0.25, 0.3) is 0 Å². The number of likely N-dealkylation sites (tertiary alicyclic amines) is 1. The summed E-state index contributed by atoms with van der Waals surface area (Å²) in [6, 6.07) is 18.8. The Morgan fingerprint density at radius 1 is 1.08 bits per heavy atom. The van der Waals surface area contributed by atoms with Crippen molar-refractivity contribution in [2.45, 2.75) is 38.3 Å². The first-order valence-corrected chi connectivity index (χ1v) is 8.73. The van der Waals surface area contributed by atoms with Crippen LogP contribution in [0.1, 0.15) is 36.8 Å². The van der Waals surface area contributed by atoms with Crippen LogP contribution in [0.3, 0.4) is 0 Å². The van der Waals surface area contributed by atoms with Crippen LogP contribution < -0.4 is 0 Å². The van der Waals surface area contributed by atoms with Crippen molar-refractivity contribution in [2.75, 3.05) is 6.54 Å². The number of esters is 1. The lowest BCUT2D eigenvalue weighted by molar-refractivity contribution is -0.154. The first-order chi connectivity index (χ1) is 12.2. The average Bonchev–Trinajstić information content (AvgIpc) is 3.16. The molecule has 0 spiro atoms. The van der Waals surface area contributed by atoms with Gasteiger partial charge < -0.3 is 9.64 Å². The number of hydrogen-bond donors (Lipinski definition) is 0. The van der Waals surface area contributed by atoms with Gasteiger partial charge in [-0.05, 0) is 30.9 Å². The van der Waals surface area contributed by atoms with Gasteiger partial charge in [-0.2, -0.15) is 0 Å². The predicted molar refractivity (Wildman–Crippen MR) is 95.8 cm³/mol. The quantitative estimate of drug-likeness (QED) is 0.784. The van der Waals surface area contributed by atoms with Gasteiger partial charge in [0.15, 0.2) is 0 Å². The van der Waals surface area contributed by atoms with Crippen LogP contribution in [0.4, 0.5) is 0 Å². The first kappa shape index (κ1) is 17.2. The number of nitrogens with zero attached hydrogens (tertiary/aromatic N) is 1. The Hall–Kier alpha value is -2.62. The second-order valence-corrected chi connectivity index (χ2v) is 6.42. The smallest absolute Gasteiger partial charge is 0.329 e. The summed E-state index contributed by atoms with van der Waals surface area (Å²) < 4.78 is 5.45. The normalized spacial score (nSPS) is 18.0. The maximum Gasteiger partial charge on any atom is 0.329 e. The minimum Gasteiger partial charge on any atom is -0.459 e. The number of amides is 1. The molecule has 0 saturated carbocycles. The number of carbonyl (C=O) groups is 2. The fourth-order valence-corrected chi connectivity index (χ4v) is 3.23. The highest BCUT2D eigenvalue weighted by Crippen LogP contribution is 2.25. The van der Waals surface area contributed by atoms with Crippen LogP contribution >= 0.6 is 0 Å². The lowest BCUT2D eigenvalue weighted by atomic mass is 9.99. The highest BCUT2D eigenvalue weighted by atomic mass is 16.5. The number of benzene rings is 2. The Morgan fingerprint density at radius 3 is 2.40 bits per heavy atom. The van der Waals surface area contributed by atoms with Crippen molar-refractivity contribution in [2.24, 2.45) is 0 Å². The molecule has 3 rings (SSSR count). The summed E-state index contributed by atoms with van der Waals surface area (Å²) in [5.41, 5.74) is 1.92. The molecule has 0 aliphatic carbocycles. The van der Waals surface area contributed by atoms with Crippen LogP contribution in [-0.4, -0.2) is 29.4 Å². The van der Waals surface area contributed by atoms with E-state index in [0.717, 1.165) is 17.5 Å². The van der Waals surface area contributed by atoms with Gasteiger partial charge in [-0.15, -0.1) is 0 Å². The molecule has 1 aliphatic rings. The summed E-state index contributed by atoms with van der Waals surface area (Å²) in [7, 11) is 0. The van der Waals surface area contributed by atoms with E-state index in [4.69, 9.17) is 4.74 Å². The summed E-state index contributed by atoms with van der Waals surface area (Å²) >= 11 is 0. The largest absolute Gasteiger partial charge is 0.459 e. The zero-order valence-electron chi connectivity index (χ0n) is 14.4. The second kappa shape index (κ2) is 7.97. The van der Waals surface area contributed by atoms with Gasteiger partial charge in [0.05, 0.1) is 5.92 Å². The van der Waals surface area contributed by atoms with Crippen LogP contribution in [0.25, 0.3) is 0 Å². The topological polar surface area (TPSA) is 46.6 Å². The van der Waals surface area contributed by atoms with Gasteiger partial charge in [0.2, 0.25) is 5.91 Å². The second-order valence-electron chi connectivity index (χ2n) is 6.42. The molecule has 25 heavy (non-hydrogen) atoms. The number of rotatable bonds is 5. The Morgan fingerprint density at radius 2 is 1.72 bits per heavy atom. The molecule has 4 heteroatoms. The molecule has 1 saturated heterocycles. The Balaban J connectivity index is 1.63. The van der Waals surface area contributed by atoms with Crippen molar-refractivity contribution in [1.29, 1.82) is 0 Å². The van der Waals surface area contributed by atoms with Crippen molar-refractivity contribution >= 4 is 11.9 Å². The molecule has 0 aromatic heterocycles. The number of ether oxygens (including phenoxy) is 1. The summed E-state index contributed by atoms with van der Waals surface area (Å²) in [6.45, 7) is 2.75. The van der Waals surface area contributed by atoms with Crippen LogP contribution in [0.15, 0.2) is 60.7 Å². The minimum atomic E-state index is -0.470. The fraction of sp³-hybridized carbons (Fsp3) is 0.333. The van der Waals surface area contributed by atoms with E-state index in [2.05, 4.69) is 0 Å². The molecule has 1 heterocycles. The molecule has 130 valence electrons. The zero-order valence-corrected chi connectivity index (χ0v) is 14.4. The van der Waals surface area contributed by atoms with Gasteiger partial charge in [-0.1, -0.05) is 60.7 Å². The molecule has 0 bridgehead atoms. The van der Waals surface area contributed by atoms with Crippen LogP contribution in [0.5, 0.6) is 0 Å². The van der Waals surface area contributed by atoms with Crippen LogP contribution in [0.2, 0.25) is 0 Å². The van der Waals surface area contributed by atoms with E-state index in [1.165, 1.54) is 0 Å². The molecular weight excluding hydrogens is 314 g/mol. The zero-order chi connectivity index (χ0) is 17.6. The third kappa shape index (κ3) is 4.08. The van der Waals surface area contributed by atoms with E-state index in [9.17, 15) is 9.59 Å². The van der Waals surface area contributed by atoms with E-state index in [1.807, 2.05) is 67.6 Å². The minimum absolute atomic E-state index is 0.00892. The molecule has 1 aliphatic heterocycles. The molecule has 0 radical (unpaired) electrons. The molecule has 1 unspecified atom stereocenters. The van der Waals surface area contributed by atoms with Crippen molar-refractivity contribution in [3.05, 3.63) is 71.8 Å². The molecule has 1 fully saturated rings. The van der Waals surface area contributed by atoms with Gasteiger partial charge in [-0.3, -0.25) is 4.79 Å². The average molecular weight is 337 g/mol. The third-order valence-electron chi connectivity index (χ3n) is 4.70. The highest BCUT2D eigenvalue weighted by Gasteiger charge is 2.37. The lowest BCUT2D eigenvalue weighted by Crippen LogP contribution is -2.43. The van der Waals surface area contributed by atoms with Crippen molar-refractivity contribution in [3.8, 4) is 0 Å². The molecule has 2 aromatic rings. The Kier molecular flexibility index (Phi) is 5.49. The van der Waals surface area contributed by atoms with Crippen molar-refractivity contribution in [3.63, 3.8) is 0 Å². The summed E-state index contributed by atoms with van der Waals surface area (Å²) in [4.78, 5) is 27.0.